The van der Waals surface area contributed by atoms with Gasteiger partial charge >= 0.3 is 5.97 Å². The molecule has 0 bridgehead atoms. The number of fused-ring (bicyclic) bond motifs is 1. The zero-order valence-electron chi connectivity index (χ0n) is 13.1. The number of hydrogen-bond acceptors (Lipinski definition) is 7. The van der Waals surface area contributed by atoms with E-state index < -0.39 is 11.4 Å². The van der Waals surface area contributed by atoms with Crippen LogP contribution in [-0.4, -0.2) is 51.9 Å². The standard InChI is InChI=1S/C16H14N4O4S/c21-13-10-1-2-12(19-4-6-24-7-5-19)18-14(10)20(9-11(13)15(22)23)16-17-3-8-25-16/h1-3,8-9H,4-7H2,(H,22,23). The SMILES string of the molecule is O=C(O)c1cn(-c2nccs2)c2nc(N3CCOCC3)ccc2c1=O. The molecule has 1 N–H and O–H groups in total. The van der Waals surface area contributed by atoms with Crippen LogP contribution in [0.5, 0.6) is 0 Å². The number of pyridine rings is 2. The maximum Gasteiger partial charge on any atom is 0.341 e. The zero-order chi connectivity index (χ0) is 17.4. The lowest BCUT2D eigenvalue weighted by molar-refractivity contribution is 0.0695. The van der Waals surface area contributed by atoms with E-state index in [0.29, 0.717) is 37.1 Å². The van der Waals surface area contributed by atoms with E-state index in [2.05, 4.69) is 14.9 Å². The predicted molar refractivity (Wildman–Crippen MR) is 93.0 cm³/mol. The fourth-order valence-corrected chi connectivity index (χ4v) is 3.41. The quantitative estimate of drug-likeness (QED) is 0.755. The molecule has 0 atom stereocenters. The topological polar surface area (TPSA) is 97.5 Å². The molecule has 25 heavy (non-hydrogen) atoms. The van der Waals surface area contributed by atoms with Gasteiger partial charge in [-0.3, -0.25) is 9.36 Å². The van der Waals surface area contributed by atoms with Gasteiger partial charge in [0, 0.05) is 30.9 Å². The Bertz CT molecular complexity index is 993. The molecule has 0 amide bonds. The molecule has 3 aromatic rings. The largest absolute Gasteiger partial charge is 0.477 e. The van der Waals surface area contributed by atoms with E-state index in [-0.39, 0.29) is 10.9 Å². The Balaban J connectivity index is 1.96. The van der Waals surface area contributed by atoms with Gasteiger partial charge in [0.05, 0.1) is 18.6 Å². The number of morpholine rings is 1. The minimum Gasteiger partial charge on any atom is -0.477 e. The van der Waals surface area contributed by atoms with Crippen molar-refractivity contribution in [2.75, 3.05) is 31.2 Å². The van der Waals surface area contributed by atoms with Crippen molar-refractivity contribution in [3.63, 3.8) is 0 Å². The van der Waals surface area contributed by atoms with Crippen LogP contribution >= 0.6 is 11.3 Å². The van der Waals surface area contributed by atoms with Gasteiger partial charge in [0.2, 0.25) is 5.43 Å². The van der Waals surface area contributed by atoms with Crippen molar-refractivity contribution in [3.8, 4) is 5.13 Å². The van der Waals surface area contributed by atoms with Crippen molar-refractivity contribution in [2.24, 2.45) is 0 Å². The van der Waals surface area contributed by atoms with E-state index in [1.165, 1.54) is 17.5 Å². The van der Waals surface area contributed by atoms with Crippen LogP contribution in [-0.2, 0) is 4.74 Å². The maximum absolute atomic E-state index is 12.5. The third-order valence-corrected chi connectivity index (χ3v) is 4.80. The molecule has 1 aliphatic rings. The second-order valence-corrected chi connectivity index (χ2v) is 6.37. The molecule has 0 spiro atoms. The summed E-state index contributed by atoms with van der Waals surface area (Å²) in [4.78, 5) is 34.8. The van der Waals surface area contributed by atoms with Crippen molar-refractivity contribution in [3.05, 3.63) is 45.7 Å². The first kappa shape index (κ1) is 15.7. The van der Waals surface area contributed by atoms with E-state index >= 15 is 0 Å². The highest BCUT2D eigenvalue weighted by molar-refractivity contribution is 7.12. The minimum absolute atomic E-state index is 0.257. The lowest BCUT2D eigenvalue weighted by Gasteiger charge is -2.28. The van der Waals surface area contributed by atoms with Crippen LogP contribution in [0.3, 0.4) is 0 Å². The number of rotatable bonds is 3. The number of carboxylic acids is 1. The molecule has 1 fully saturated rings. The van der Waals surface area contributed by atoms with Crippen molar-refractivity contribution < 1.29 is 14.6 Å². The third-order valence-electron chi connectivity index (χ3n) is 4.03. The molecule has 0 aromatic carbocycles. The molecule has 1 saturated heterocycles. The van der Waals surface area contributed by atoms with Crippen LogP contribution in [0.2, 0.25) is 0 Å². The highest BCUT2D eigenvalue weighted by Crippen LogP contribution is 2.22. The van der Waals surface area contributed by atoms with Gasteiger partial charge < -0.3 is 14.7 Å². The monoisotopic (exact) mass is 358 g/mol. The molecule has 8 nitrogen and oxygen atoms in total. The Morgan fingerprint density at radius 1 is 1.28 bits per heavy atom. The molecular weight excluding hydrogens is 344 g/mol. The highest BCUT2D eigenvalue weighted by atomic mass is 32.1. The number of hydrogen-bond donors (Lipinski definition) is 1. The molecule has 0 radical (unpaired) electrons. The summed E-state index contributed by atoms with van der Waals surface area (Å²) in [5.41, 5.74) is -0.450. The highest BCUT2D eigenvalue weighted by Gasteiger charge is 2.19. The van der Waals surface area contributed by atoms with Gasteiger partial charge in [0.1, 0.15) is 11.4 Å². The predicted octanol–water partition coefficient (Wildman–Crippen LogP) is 1.38. The lowest BCUT2D eigenvalue weighted by Crippen LogP contribution is -2.36. The number of nitrogens with zero attached hydrogens (tertiary/aromatic N) is 4. The molecule has 9 heteroatoms. The first-order valence-electron chi connectivity index (χ1n) is 7.67. The second-order valence-electron chi connectivity index (χ2n) is 5.50. The van der Waals surface area contributed by atoms with Gasteiger partial charge in [-0.2, -0.15) is 0 Å². The minimum atomic E-state index is -1.27. The number of ether oxygens (including phenoxy) is 1. The lowest BCUT2D eigenvalue weighted by atomic mass is 10.2. The van der Waals surface area contributed by atoms with E-state index in [9.17, 15) is 14.7 Å². The summed E-state index contributed by atoms with van der Waals surface area (Å²) in [6, 6.07) is 3.37. The normalized spacial score (nSPS) is 14.8. The zero-order valence-corrected chi connectivity index (χ0v) is 13.9. The Hall–Kier alpha value is -2.78. The summed E-state index contributed by atoms with van der Waals surface area (Å²) in [6.45, 7) is 2.67. The summed E-state index contributed by atoms with van der Waals surface area (Å²) in [5.74, 6) is -0.543. The Kier molecular flexibility index (Phi) is 3.94. The number of anilines is 1. The summed E-state index contributed by atoms with van der Waals surface area (Å²) in [5, 5.41) is 11.9. The number of aromatic nitrogens is 3. The number of thiazole rings is 1. The van der Waals surface area contributed by atoms with E-state index in [4.69, 9.17) is 4.74 Å². The molecule has 128 valence electrons. The molecule has 1 aliphatic heterocycles. The van der Waals surface area contributed by atoms with Crippen molar-refractivity contribution in [2.45, 2.75) is 0 Å². The van der Waals surface area contributed by atoms with Gasteiger partial charge in [-0.15, -0.1) is 11.3 Å². The van der Waals surface area contributed by atoms with Crippen LogP contribution in [0.15, 0.2) is 34.7 Å². The van der Waals surface area contributed by atoms with Gasteiger partial charge in [0.15, 0.2) is 10.8 Å². The average Bonchev–Trinajstić information content (AvgIpc) is 3.16. The van der Waals surface area contributed by atoms with Crippen molar-refractivity contribution >= 4 is 34.2 Å². The van der Waals surface area contributed by atoms with Crippen LogP contribution in [0, 0.1) is 0 Å². The number of aromatic carboxylic acids is 1. The molecule has 4 heterocycles. The Morgan fingerprint density at radius 2 is 2.08 bits per heavy atom. The first-order valence-corrected chi connectivity index (χ1v) is 8.55. The molecule has 0 aliphatic carbocycles. The van der Waals surface area contributed by atoms with Crippen molar-refractivity contribution in [1.82, 2.24) is 14.5 Å². The molecule has 0 unspecified atom stereocenters. The van der Waals surface area contributed by atoms with Crippen LogP contribution in [0.25, 0.3) is 16.2 Å². The van der Waals surface area contributed by atoms with E-state index in [0.717, 1.165) is 5.82 Å². The van der Waals surface area contributed by atoms with Gasteiger partial charge in [-0.25, -0.2) is 14.8 Å². The Morgan fingerprint density at radius 3 is 2.76 bits per heavy atom. The van der Waals surface area contributed by atoms with Crippen LogP contribution in [0.1, 0.15) is 10.4 Å². The second kappa shape index (κ2) is 6.26. The van der Waals surface area contributed by atoms with E-state index in [1.54, 1.807) is 28.3 Å². The van der Waals surface area contributed by atoms with Gasteiger partial charge in [-0.1, -0.05) is 0 Å². The van der Waals surface area contributed by atoms with Crippen LogP contribution in [0.4, 0.5) is 5.82 Å². The fraction of sp³-hybridized carbons (Fsp3) is 0.250. The number of carboxylic acid groups (broad SMARTS) is 1. The van der Waals surface area contributed by atoms with Crippen LogP contribution < -0.4 is 10.3 Å². The molecular formula is C16H14N4O4S. The summed E-state index contributed by atoms with van der Waals surface area (Å²) in [7, 11) is 0. The Labute approximate surface area is 145 Å². The average molecular weight is 358 g/mol. The molecule has 3 aromatic heterocycles. The maximum atomic E-state index is 12.5. The molecule has 0 saturated carbocycles. The summed E-state index contributed by atoms with van der Waals surface area (Å²) < 4.78 is 6.92. The van der Waals surface area contributed by atoms with Crippen molar-refractivity contribution in [1.29, 1.82) is 0 Å². The fourth-order valence-electron chi connectivity index (χ4n) is 2.79. The third kappa shape index (κ3) is 2.77. The molecule has 4 rings (SSSR count). The summed E-state index contributed by atoms with van der Waals surface area (Å²) in [6.07, 6.45) is 2.91. The van der Waals surface area contributed by atoms with Gasteiger partial charge in [0.25, 0.3) is 0 Å². The smallest absolute Gasteiger partial charge is 0.341 e. The van der Waals surface area contributed by atoms with Gasteiger partial charge in [-0.05, 0) is 12.1 Å². The van der Waals surface area contributed by atoms with E-state index in [1.807, 2.05) is 0 Å². The summed E-state index contributed by atoms with van der Waals surface area (Å²) >= 11 is 1.34. The first-order chi connectivity index (χ1) is 12.1. The number of carbonyl (C=O) groups is 1.